The van der Waals surface area contributed by atoms with E-state index in [-0.39, 0.29) is 5.82 Å². The third-order valence-electron chi connectivity index (χ3n) is 6.25. The fraction of sp³-hybridized carbons (Fsp3) is 0.400. The Balaban J connectivity index is 2.14. The maximum absolute atomic E-state index is 14.5. The van der Waals surface area contributed by atoms with Crippen molar-refractivity contribution >= 4 is 22.7 Å². The van der Waals surface area contributed by atoms with Crippen LogP contribution in [0.15, 0.2) is 54.6 Å². The van der Waals surface area contributed by atoms with E-state index in [0.717, 1.165) is 22.7 Å². The Labute approximate surface area is 199 Å². The minimum absolute atomic E-state index is 0.252. The van der Waals surface area contributed by atoms with E-state index in [9.17, 15) is 4.39 Å². The van der Waals surface area contributed by atoms with Crippen LogP contribution in [-0.4, -0.2) is 0 Å². The Morgan fingerprint density at radius 2 is 0.879 bits per heavy atom. The number of nitrogens with one attached hydrogen (secondary N) is 2. The van der Waals surface area contributed by atoms with E-state index in [1.165, 1.54) is 28.3 Å². The molecule has 2 nitrogen and oxygen atoms in total. The van der Waals surface area contributed by atoms with Gasteiger partial charge in [0.25, 0.3) is 0 Å². The van der Waals surface area contributed by atoms with Gasteiger partial charge < -0.3 is 10.6 Å². The average Bonchev–Trinajstić information content (AvgIpc) is 2.75. The summed E-state index contributed by atoms with van der Waals surface area (Å²) >= 11 is 0. The number of hydrogen-bond acceptors (Lipinski definition) is 2. The van der Waals surface area contributed by atoms with Gasteiger partial charge in [-0.1, -0.05) is 91.8 Å². The molecular formula is C30H39FN2. The van der Waals surface area contributed by atoms with Crippen LogP contribution in [0.4, 0.5) is 27.1 Å². The Morgan fingerprint density at radius 3 is 1.24 bits per heavy atom. The Bertz CT molecular complexity index is 1040. The first-order valence-electron chi connectivity index (χ1n) is 12.2. The van der Waals surface area contributed by atoms with E-state index in [4.69, 9.17) is 0 Å². The largest absolute Gasteiger partial charge is 0.353 e. The zero-order chi connectivity index (χ0) is 24.3. The first-order chi connectivity index (χ1) is 15.6. The monoisotopic (exact) mass is 446 g/mol. The minimum atomic E-state index is -0.252. The molecule has 176 valence electrons. The second kappa shape index (κ2) is 10.4. The van der Waals surface area contributed by atoms with Gasteiger partial charge in [0.1, 0.15) is 5.82 Å². The lowest BCUT2D eigenvalue weighted by Crippen LogP contribution is -2.08. The normalized spacial score (nSPS) is 11.7. The predicted octanol–water partition coefficient (Wildman–Crippen LogP) is 9.81. The molecule has 0 saturated carbocycles. The van der Waals surface area contributed by atoms with Crippen molar-refractivity contribution in [3.8, 4) is 0 Å². The number of hydrogen-bond donors (Lipinski definition) is 2. The van der Waals surface area contributed by atoms with Crippen LogP contribution in [0.1, 0.15) is 101 Å². The number of anilines is 4. The molecule has 3 heteroatoms. The topological polar surface area (TPSA) is 24.1 Å². The fourth-order valence-corrected chi connectivity index (χ4v) is 4.39. The van der Waals surface area contributed by atoms with Crippen LogP contribution in [-0.2, 0) is 0 Å². The van der Waals surface area contributed by atoms with Gasteiger partial charge in [-0.15, -0.1) is 0 Å². The molecule has 0 heterocycles. The number of para-hydroxylation sites is 2. The van der Waals surface area contributed by atoms with Crippen molar-refractivity contribution in [2.24, 2.45) is 0 Å². The summed E-state index contributed by atoms with van der Waals surface area (Å²) in [7, 11) is 0. The SMILES string of the molecule is CC(C)c1cccc(C(C)C)c1Nc1ccc(F)cc1Nc1c(C(C)C)cccc1C(C)C. The fourth-order valence-electron chi connectivity index (χ4n) is 4.39. The highest BCUT2D eigenvalue weighted by atomic mass is 19.1. The van der Waals surface area contributed by atoms with Crippen molar-refractivity contribution in [1.82, 2.24) is 0 Å². The van der Waals surface area contributed by atoms with Crippen molar-refractivity contribution in [2.45, 2.75) is 79.1 Å². The molecule has 33 heavy (non-hydrogen) atoms. The van der Waals surface area contributed by atoms with Gasteiger partial charge in [-0.05, 0) is 64.1 Å². The van der Waals surface area contributed by atoms with E-state index >= 15 is 0 Å². The molecule has 0 aromatic heterocycles. The third kappa shape index (κ3) is 5.58. The molecule has 0 aliphatic rings. The summed E-state index contributed by atoms with van der Waals surface area (Å²) in [4.78, 5) is 0. The number of benzene rings is 3. The maximum Gasteiger partial charge on any atom is 0.125 e. The quantitative estimate of drug-likeness (QED) is 0.360. The van der Waals surface area contributed by atoms with E-state index in [2.05, 4.69) is 102 Å². The molecule has 0 spiro atoms. The lowest BCUT2D eigenvalue weighted by molar-refractivity contribution is 0.628. The lowest BCUT2D eigenvalue weighted by Gasteiger charge is -2.25. The van der Waals surface area contributed by atoms with Crippen LogP contribution in [0.5, 0.6) is 0 Å². The molecule has 2 N–H and O–H groups in total. The molecule has 0 aliphatic carbocycles. The second-order valence-corrected chi connectivity index (χ2v) is 10.2. The first-order valence-corrected chi connectivity index (χ1v) is 12.2. The molecule has 0 aliphatic heterocycles. The van der Waals surface area contributed by atoms with Crippen molar-refractivity contribution in [2.75, 3.05) is 10.6 Å². The van der Waals surface area contributed by atoms with Crippen LogP contribution < -0.4 is 10.6 Å². The Kier molecular flexibility index (Phi) is 7.84. The van der Waals surface area contributed by atoms with Gasteiger partial charge in [-0.3, -0.25) is 0 Å². The molecule has 3 rings (SSSR count). The molecule has 0 fully saturated rings. The van der Waals surface area contributed by atoms with Crippen molar-refractivity contribution in [3.63, 3.8) is 0 Å². The van der Waals surface area contributed by atoms with Crippen molar-refractivity contribution in [1.29, 1.82) is 0 Å². The van der Waals surface area contributed by atoms with Gasteiger partial charge in [0.15, 0.2) is 0 Å². The van der Waals surface area contributed by atoms with E-state index in [1.54, 1.807) is 6.07 Å². The second-order valence-electron chi connectivity index (χ2n) is 10.2. The van der Waals surface area contributed by atoms with Crippen LogP contribution in [0.25, 0.3) is 0 Å². The molecule has 0 radical (unpaired) electrons. The summed E-state index contributed by atoms with van der Waals surface area (Å²) in [6.45, 7) is 17.6. The summed E-state index contributed by atoms with van der Waals surface area (Å²) in [6, 6.07) is 17.9. The molecule has 3 aromatic carbocycles. The van der Waals surface area contributed by atoms with Crippen LogP contribution in [0, 0.1) is 5.82 Å². The molecule has 0 amide bonds. The predicted molar refractivity (Wildman–Crippen MR) is 142 cm³/mol. The van der Waals surface area contributed by atoms with E-state index in [1.807, 2.05) is 6.07 Å². The summed E-state index contributed by atoms with van der Waals surface area (Å²) in [6.07, 6.45) is 0. The standard InChI is InChI=1S/C30H39FN2/c1-18(2)23-11-9-12-24(19(3)4)29(23)32-27-16-15-22(31)17-28(27)33-30-25(20(5)6)13-10-14-26(30)21(7)8/h9-21,32-33H,1-8H3. The van der Waals surface area contributed by atoms with E-state index < -0.39 is 0 Å². The molecule has 0 unspecified atom stereocenters. The summed E-state index contributed by atoms with van der Waals surface area (Å²) in [5.41, 5.74) is 8.83. The maximum atomic E-state index is 14.5. The van der Waals surface area contributed by atoms with Gasteiger partial charge in [0, 0.05) is 11.4 Å². The van der Waals surface area contributed by atoms with Gasteiger partial charge >= 0.3 is 0 Å². The highest BCUT2D eigenvalue weighted by Crippen LogP contribution is 2.40. The summed E-state index contributed by atoms with van der Waals surface area (Å²) in [5, 5.41) is 7.32. The minimum Gasteiger partial charge on any atom is -0.353 e. The number of rotatable bonds is 8. The molecule has 0 bridgehead atoms. The smallest absolute Gasteiger partial charge is 0.125 e. The van der Waals surface area contributed by atoms with E-state index in [0.29, 0.717) is 23.7 Å². The average molecular weight is 447 g/mol. The highest BCUT2D eigenvalue weighted by molar-refractivity contribution is 5.82. The Hall–Kier alpha value is -2.81. The third-order valence-corrected chi connectivity index (χ3v) is 6.25. The van der Waals surface area contributed by atoms with Crippen molar-refractivity contribution in [3.05, 3.63) is 82.7 Å². The molecule has 0 atom stereocenters. The first kappa shape index (κ1) is 24.8. The zero-order valence-corrected chi connectivity index (χ0v) is 21.4. The van der Waals surface area contributed by atoms with Gasteiger partial charge in [-0.25, -0.2) is 4.39 Å². The molecular weight excluding hydrogens is 407 g/mol. The molecule has 0 saturated heterocycles. The van der Waals surface area contributed by atoms with Crippen LogP contribution >= 0.6 is 0 Å². The number of halogens is 1. The zero-order valence-electron chi connectivity index (χ0n) is 21.4. The highest BCUT2D eigenvalue weighted by Gasteiger charge is 2.18. The summed E-state index contributed by atoms with van der Waals surface area (Å²) < 4.78 is 14.5. The lowest BCUT2D eigenvalue weighted by atomic mass is 9.92. The van der Waals surface area contributed by atoms with Crippen LogP contribution in [0.2, 0.25) is 0 Å². The van der Waals surface area contributed by atoms with Gasteiger partial charge in [0.2, 0.25) is 0 Å². The van der Waals surface area contributed by atoms with Crippen LogP contribution in [0.3, 0.4) is 0 Å². The summed E-state index contributed by atoms with van der Waals surface area (Å²) in [5.74, 6) is 1.20. The Morgan fingerprint density at radius 1 is 0.515 bits per heavy atom. The van der Waals surface area contributed by atoms with Gasteiger partial charge in [0.05, 0.1) is 11.4 Å². The molecule has 3 aromatic rings. The van der Waals surface area contributed by atoms with Gasteiger partial charge in [-0.2, -0.15) is 0 Å². The van der Waals surface area contributed by atoms with Crippen molar-refractivity contribution < 1.29 is 4.39 Å².